The van der Waals surface area contributed by atoms with Crippen LogP contribution in [0.5, 0.6) is 5.75 Å². The van der Waals surface area contributed by atoms with Gasteiger partial charge in [-0.15, -0.1) is 0 Å². The van der Waals surface area contributed by atoms with Gasteiger partial charge < -0.3 is 15.4 Å². The van der Waals surface area contributed by atoms with Gasteiger partial charge in [0.05, 0.1) is 7.11 Å². The van der Waals surface area contributed by atoms with Crippen LogP contribution in [0.3, 0.4) is 0 Å². The average Bonchev–Trinajstić information content (AvgIpc) is 2.58. The van der Waals surface area contributed by atoms with Gasteiger partial charge in [0, 0.05) is 28.0 Å². The van der Waals surface area contributed by atoms with Crippen molar-refractivity contribution >= 4 is 38.9 Å². The molecule has 0 amide bonds. The Balaban J connectivity index is 1.83. The largest absolute Gasteiger partial charge is 0.497 e. The van der Waals surface area contributed by atoms with Gasteiger partial charge in [-0.3, -0.25) is 0 Å². The van der Waals surface area contributed by atoms with Gasteiger partial charge in [-0.25, -0.2) is 9.97 Å². The third kappa shape index (κ3) is 4.48. The molecule has 0 saturated heterocycles. The van der Waals surface area contributed by atoms with Crippen LogP contribution in [0.25, 0.3) is 0 Å². The molecule has 6 heteroatoms. The summed E-state index contributed by atoms with van der Waals surface area (Å²) < 4.78 is 6.30. The predicted molar refractivity (Wildman–Crippen MR) is 105 cm³/mol. The Bertz CT molecular complexity index is 898. The molecule has 128 valence electrons. The van der Waals surface area contributed by atoms with Gasteiger partial charge in [-0.1, -0.05) is 28.1 Å². The van der Waals surface area contributed by atoms with E-state index in [9.17, 15) is 0 Å². The van der Waals surface area contributed by atoms with E-state index in [1.165, 1.54) is 5.56 Å². The molecule has 3 rings (SSSR count). The number of anilines is 4. The Morgan fingerprint density at radius 1 is 0.880 bits per heavy atom. The maximum atomic E-state index is 5.25. The van der Waals surface area contributed by atoms with Gasteiger partial charge in [0.15, 0.2) is 0 Å². The van der Waals surface area contributed by atoms with E-state index >= 15 is 0 Å². The van der Waals surface area contributed by atoms with Crippen LogP contribution in [0.4, 0.5) is 23.0 Å². The minimum absolute atomic E-state index is 0.682. The lowest BCUT2D eigenvalue weighted by atomic mass is 10.2. The zero-order valence-corrected chi connectivity index (χ0v) is 15.9. The van der Waals surface area contributed by atoms with Crippen LogP contribution in [-0.4, -0.2) is 17.1 Å². The van der Waals surface area contributed by atoms with Gasteiger partial charge in [-0.2, -0.15) is 0 Å². The lowest BCUT2D eigenvalue weighted by molar-refractivity contribution is 0.415. The van der Waals surface area contributed by atoms with E-state index < -0.39 is 0 Å². The van der Waals surface area contributed by atoms with Gasteiger partial charge in [0.25, 0.3) is 0 Å². The van der Waals surface area contributed by atoms with E-state index in [0.717, 1.165) is 33.2 Å². The van der Waals surface area contributed by atoms with Gasteiger partial charge in [-0.05, 0) is 43.7 Å². The summed E-state index contributed by atoms with van der Waals surface area (Å²) in [6.45, 7) is 3.92. The van der Waals surface area contributed by atoms with Crippen molar-refractivity contribution in [3.05, 3.63) is 64.4 Å². The monoisotopic (exact) mass is 398 g/mol. The van der Waals surface area contributed by atoms with Crippen molar-refractivity contribution in [1.29, 1.82) is 0 Å². The average molecular weight is 399 g/mol. The van der Waals surface area contributed by atoms with E-state index in [0.29, 0.717) is 5.82 Å². The molecule has 0 radical (unpaired) electrons. The Kier molecular flexibility index (Phi) is 5.19. The molecule has 2 aromatic carbocycles. The summed E-state index contributed by atoms with van der Waals surface area (Å²) in [5.74, 6) is 2.92. The highest BCUT2D eigenvalue weighted by molar-refractivity contribution is 9.10. The fraction of sp³-hybridized carbons (Fsp3) is 0.158. The number of rotatable bonds is 5. The number of halogens is 1. The third-order valence-electron chi connectivity index (χ3n) is 3.62. The summed E-state index contributed by atoms with van der Waals surface area (Å²) in [5.41, 5.74) is 3.05. The second-order valence-electron chi connectivity index (χ2n) is 5.63. The summed E-state index contributed by atoms with van der Waals surface area (Å²) in [7, 11) is 1.65. The second-order valence-corrected chi connectivity index (χ2v) is 6.49. The molecule has 0 aliphatic rings. The smallest absolute Gasteiger partial charge is 0.136 e. The lowest BCUT2D eigenvalue weighted by Gasteiger charge is -2.11. The SMILES string of the molecule is COc1cccc(Nc2cc(Nc3ccc(C)c(Br)c3)nc(C)n2)c1. The Morgan fingerprint density at radius 3 is 2.20 bits per heavy atom. The first-order valence-electron chi connectivity index (χ1n) is 7.83. The summed E-state index contributed by atoms with van der Waals surface area (Å²) in [5, 5.41) is 6.60. The molecule has 0 unspecified atom stereocenters. The standard InChI is InChI=1S/C19H19BrN4O/c1-12-7-8-15(10-17(12)20)24-19-11-18(21-13(2)22-19)23-14-5-4-6-16(9-14)25-3/h4-11H,1-3H3,(H2,21,22,23,24). The molecule has 5 nitrogen and oxygen atoms in total. The maximum Gasteiger partial charge on any atom is 0.136 e. The van der Waals surface area contributed by atoms with Crippen molar-refractivity contribution in [3.8, 4) is 5.75 Å². The van der Waals surface area contributed by atoms with Crippen LogP contribution < -0.4 is 15.4 Å². The van der Waals surface area contributed by atoms with Crippen molar-refractivity contribution in [2.45, 2.75) is 13.8 Å². The van der Waals surface area contributed by atoms with E-state index in [2.05, 4.69) is 49.5 Å². The van der Waals surface area contributed by atoms with Crippen molar-refractivity contribution in [2.75, 3.05) is 17.7 Å². The van der Waals surface area contributed by atoms with E-state index in [1.807, 2.05) is 49.4 Å². The maximum absolute atomic E-state index is 5.25. The van der Waals surface area contributed by atoms with Crippen LogP contribution >= 0.6 is 15.9 Å². The van der Waals surface area contributed by atoms with Crippen molar-refractivity contribution in [1.82, 2.24) is 9.97 Å². The molecule has 0 bridgehead atoms. The molecule has 2 N–H and O–H groups in total. The Hall–Kier alpha value is -2.60. The summed E-state index contributed by atoms with van der Waals surface area (Å²) >= 11 is 3.55. The summed E-state index contributed by atoms with van der Waals surface area (Å²) in [6.07, 6.45) is 0. The number of benzene rings is 2. The predicted octanol–water partition coefficient (Wildman–Crippen LogP) is 5.35. The summed E-state index contributed by atoms with van der Waals surface area (Å²) in [6, 6.07) is 15.7. The minimum atomic E-state index is 0.682. The number of aryl methyl sites for hydroxylation is 2. The van der Waals surface area contributed by atoms with Crippen molar-refractivity contribution in [3.63, 3.8) is 0 Å². The normalized spacial score (nSPS) is 10.4. The Morgan fingerprint density at radius 2 is 1.56 bits per heavy atom. The molecular formula is C19H19BrN4O. The zero-order valence-electron chi connectivity index (χ0n) is 14.3. The molecular weight excluding hydrogens is 380 g/mol. The molecule has 0 atom stereocenters. The highest BCUT2D eigenvalue weighted by Crippen LogP contribution is 2.25. The molecule has 1 heterocycles. The molecule has 0 spiro atoms. The van der Waals surface area contributed by atoms with Crippen molar-refractivity contribution in [2.24, 2.45) is 0 Å². The number of methoxy groups -OCH3 is 1. The van der Waals surface area contributed by atoms with Gasteiger partial charge in [0.2, 0.25) is 0 Å². The quantitative estimate of drug-likeness (QED) is 0.606. The minimum Gasteiger partial charge on any atom is -0.497 e. The van der Waals surface area contributed by atoms with Crippen LogP contribution in [-0.2, 0) is 0 Å². The number of nitrogens with zero attached hydrogens (tertiary/aromatic N) is 2. The highest BCUT2D eigenvalue weighted by atomic mass is 79.9. The second kappa shape index (κ2) is 7.53. The molecule has 0 saturated carbocycles. The number of aromatic nitrogens is 2. The van der Waals surface area contributed by atoms with Gasteiger partial charge >= 0.3 is 0 Å². The first-order chi connectivity index (χ1) is 12.0. The molecule has 1 aromatic heterocycles. The van der Waals surface area contributed by atoms with Crippen LogP contribution in [0.1, 0.15) is 11.4 Å². The fourth-order valence-corrected chi connectivity index (χ4v) is 2.74. The van der Waals surface area contributed by atoms with Crippen molar-refractivity contribution < 1.29 is 4.74 Å². The van der Waals surface area contributed by atoms with Gasteiger partial charge in [0.1, 0.15) is 23.2 Å². The van der Waals surface area contributed by atoms with Crippen LogP contribution in [0, 0.1) is 13.8 Å². The topological polar surface area (TPSA) is 59.1 Å². The number of nitrogens with one attached hydrogen (secondary N) is 2. The molecule has 0 aliphatic carbocycles. The molecule has 3 aromatic rings. The molecule has 25 heavy (non-hydrogen) atoms. The third-order valence-corrected chi connectivity index (χ3v) is 4.48. The van der Waals surface area contributed by atoms with E-state index in [-0.39, 0.29) is 0 Å². The Labute approximate surface area is 155 Å². The molecule has 0 aliphatic heterocycles. The number of ether oxygens (including phenoxy) is 1. The van der Waals surface area contributed by atoms with Crippen LogP contribution in [0.2, 0.25) is 0 Å². The lowest BCUT2D eigenvalue weighted by Crippen LogP contribution is -2.01. The first-order valence-corrected chi connectivity index (χ1v) is 8.63. The highest BCUT2D eigenvalue weighted by Gasteiger charge is 2.05. The number of hydrogen-bond donors (Lipinski definition) is 2. The fourth-order valence-electron chi connectivity index (χ4n) is 2.36. The van der Waals surface area contributed by atoms with E-state index in [4.69, 9.17) is 4.74 Å². The zero-order chi connectivity index (χ0) is 17.8. The first kappa shape index (κ1) is 17.2. The van der Waals surface area contributed by atoms with Crippen LogP contribution in [0.15, 0.2) is 53.0 Å². The molecule has 0 fully saturated rings. The van der Waals surface area contributed by atoms with E-state index in [1.54, 1.807) is 7.11 Å². The summed E-state index contributed by atoms with van der Waals surface area (Å²) in [4.78, 5) is 8.90. The number of hydrogen-bond acceptors (Lipinski definition) is 5.